The Kier molecular flexibility index (Phi) is 3.40. The van der Waals surface area contributed by atoms with Gasteiger partial charge in [-0.1, -0.05) is 12.1 Å². The molecule has 0 aliphatic carbocycles. The van der Waals surface area contributed by atoms with Gasteiger partial charge in [0.15, 0.2) is 0 Å². The number of carbonyl (C=O) groups excluding carboxylic acids is 1. The zero-order valence-corrected chi connectivity index (χ0v) is 9.77. The third-order valence-electron chi connectivity index (χ3n) is 2.98. The Hall–Kier alpha value is -1.46. The minimum Gasteiger partial charge on any atom is -0.329 e. The smallest absolute Gasteiger partial charge is 0.243 e. The molecule has 1 saturated heterocycles. The summed E-state index contributed by atoms with van der Waals surface area (Å²) in [5.41, 5.74) is 5.90. The number of halogens is 1. The van der Waals surface area contributed by atoms with Crippen LogP contribution in [-0.4, -0.2) is 30.0 Å². The number of amides is 1. The van der Waals surface area contributed by atoms with E-state index in [1.165, 1.54) is 11.1 Å². The van der Waals surface area contributed by atoms with Gasteiger partial charge in [0.25, 0.3) is 0 Å². The summed E-state index contributed by atoms with van der Waals surface area (Å²) in [4.78, 5) is 11.8. The van der Waals surface area contributed by atoms with E-state index in [0.717, 1.165) is 0 Å². The van der Waals surface area contributed by atoms with Crippen molar-refractivity contribution in [2.75, 3.05) is 18.1 Å². The number of anilines is 1. The first-order valence-corrected chi connectivity index (χ1v) is 5.69. The highest BCUT2D eigenvalue weighted by Crippen LogP contribution is 2.26. The average molecular weight is 237 g/mol. The van der Waals surface area contributed by atoms with Crippen LogP contribution >= 0.6 is 0 Å². The van der Waals surface area contributed by atoms with Crippen LogP contribution in [0.4, 0.5) is 10.1 Å². The number of rotatable bonds is 3. The second-order valence-corrected chi connectivity index (χ2v) is 4.15. The molecule has 0 bridgehead atoms. The molecule has 1 unspecified atom stereocenters. The highest BCUT2D eigenvalue weighted by atomic mass is 19.1. The van der Waals surface area contributed by atoms with Gasteiger partial charge < -0.3 is 5.73 Å². The zero-order valence-electron chi connectivity index (χ0n) is 9.77. The van der Waals surface area contributed by atoms with Crippen LogP contribution in [0.5, 0.6) is 0 Å². The van der Waals surface area contributed by atoms with E-state index in [4.69, 9.17) is 5.73 Å². The van der Waals surface area contributed by atoms with E-state index in [-0.39, 0.29) is 11.9 Å². The van der Waals surface area contributed by atoms with Crippen molar-refractivity contribution < 1.29 is 9.18 Å². The molecule has 2 rings (SSSR count). The van der Waals surface area contributed by atoms with E-state index in [1.807, 2.05) is 11.9 Å². The molecule has 1 amide bonds. The molecule has 0 saturated carbocycles. The Morgan fingerprint density at radius 1 is 1.47 bits per heavy atom. The molecule has 5 heteroatoms. The van der Waals surface area contributed by atoms with Crippen molar-refractivity contribution in [3.05, 3.63) is 30.1 Å². The van der Waals surface area contributed by atoms with Gasteiger partial charge in [-0.25, -0.2) is 14.4 Å². The molecule has 0 spiro atoms. The average Bonchev–Trinajstić information content (AvgIpc) is 2.71. The molecule has 0 radical (unpaired) electrons. The molecule has 1 atom stereocenters. The zero-order chi connectivity index (χ0) is 12.4. The van der Waals surface area contributed by atoms with Gasteiger partial charge in [-0.05, 0) is 19.1 Å². The SMILES string of the molecule is CC(CN)N1CCC(=O)N1c1ccccc1F. The summed E-state index contributed by atoms with van der Waals surface area (Å²) in [6.45, 7) is 2.94. The predicted molar refractivity (Wildman–Crippen MR) is 63.7 cm³/mol. The summed E-state index contributed by atoms with van der Waals surface area (Å²) < 4.78 is 13.7. The highest BCUT2D eigenvalue weighted by molar-refractivity contribution is 5.94. The van der Waals surface area contributed by atoms with Gasteiger partial charge in [-0.15, -0.1) is 0 Å². The van der Waals surface area contributed by atoms with Crippen LogP contribution < -0.4 is 10.7 Å². The predicted octanol–water partition coefficient (Wildman–Crippen LogP) is 1.13. The van der Waals surface area contributed by atoms with Gasteiger partial charge in [0.1, 0.15) is 5.82 Å². The summed E-state index contributed by atoms with van der Waals surface area (Å²) >= 11 is 0. The number of nitrogens with zero attached hydrogens (tertiary/aromatic N) is 2. The van der Waals surface area contributed by atoms with Crippen molar-refractivity contribution in [1.82, 2.24) is 5.01 Å². The van der Waals surface area contributed by atoms with E-state index in [1.54, 1.807) is 18.2 Å². The van der Waals surface area contributed by atoms with Crippen LogP contribution in [0.2, 0.25) is 0 Å². The molecule has 1 aliphatic heterocycles. The summed E-state index contributed by atoms with van der Waals surface area (Å²) in [6, 6.07) is 6.30. The second kappa shape index (κ2) is 4.81. The van der Waals surface area contributed by atoms with Gasteiger partial charge in [0.2, 0.25) is 5.91 Å². The van der Waals surface area contributed by atoms with Crippen LogP contribution in [0.25, 0.3) is 0 Å². The Balaban J connectivity index is 2.34. The van der Waals surface area contributed by atoms with E-state index >= 15 is 0 Å². The van der Waals surface area contributed by atoms with Gasteiger partial charge in [-0.3, -0.25) is 4.79 Å². The van der Waals surface area contributed by atoms with Crippen molar-refractivity contribution >= 4 is 11.6 Å². The molecule has 2 N–H and O–H groups in total. The van der Waals surface area contributed by atoms with Crippen LogP contribution in [0.1, 0.15) is 13.3 Å². The lowest BCUT2D eigenvalue weighted by Crippen LogP contribution is -2.47. The lowest BCUT2D eigenvalue weighted by Gasteiger charge is -2.32. The Morgan fingerprint density at radius 2 is 2.18 bits per heavy atom. The van der Waals surface area contributed by atoms with Crippen LogP contribution in [-0.2, 0) is 4.79 Å². The number of hydrogen-bond acceptors (Lipinski definition) is 3. The third-order valence-corrected chi connectivity index (χ3v) is 2.98. The first-order valence-electron chi connectivity index (χ1n) is 5.69. The van der Waals surface area contributed by atoms with E-state index < -0.39 is 5.82 Å². The van der Waals surface area contributed by atoms with Crippen LogP contribution in [0, 0.1) is 5.82 Å². The Morgan fingerprint density at radius 3 is 2.82 bits per heavy atom. The van der Waals surface area contributed by atoms with Crippen molar-refractivity contribution in [2.24, 2.45) is 5.73 Å². The largest absolute Gasteiger partial charge is 0.329 e. The van der Waals surface area contributed by atoms with E-state index in [0.29, 0.717) is 25.2 Å². The number of carbonyl (C=O) groups is 1. The molecule has 1 aliphatic rings. The minimum absolute atomic E-state index is 0.0149. The molecule has 0 aromatic heterocycles. The normalized spacial score (nSPS) is 18.8. The standard InChI is InChI=1S/C12H16FN3O/c1-9(8-14)15-7-6-12(17)16(15)11-5-3-2-4-10(11)13/h2-5,9H,6-8,14H2,1H3. The van der Waals surface area contributed by atoms with Crippen molar-refractivity contribution in [3.63, 3.8) is 0 Å². The first kappa shape index (κ1) is 12.0. The van der Waals surface area contributed by atoms with Crippen LogP contribution in [0.3, 0.4) is 0 Å². The molecule has 4 nitrogen and oxygen atoms in total. The Bertz CT molecular complexity index is 424. The summed E-state index contributed by atoms with van der Waals surface area (Å²) in [6.07, 6.45) is 0.401. The second-order valence-electron chi connectivity index (χ2n) is 4.15. The monoisotopic (exact) mass is 237 g/mol. The fourth-order valence-corrected chi connectivity index (χ4v) is 1.99. The summed E-state index contributed by atoms with van der Waals surface area (Å²) in [5.74, 6) is -0.479. The maximum absolute atomic E-state index is 13.7. The van der Waals surface area contributed by atoms with Gasteiger partial charge in [-0.2, -0.15) is 0 Å². The van der Waals surface area contributed by atoms with E-state index in [2.05, 4.69) is 0 Å². The van der Waals surface area contributed by atoms with Crippen molar-refractivity contribution in [3.8, 4) is 0 Å². The maximum Gasteiger partial charge on any atom is 0.243 e. The van der Waals surface area contributed by atoms with Gasteiger partial charge in [0.05, 0.1) is 5.69 Å². The minimum atomic E-state index is -0.392. The summed E-state index contributed by atoms with van der Waals surface area (Å²) in [5, 5.41) is 3.23. The summed E-state index contributed by atoms with van der Waals surface area (Å²) in [7, 11) is 0. The molecule has 1 fully saturated rings. The fraction of sp³-hybridized carbons (Fsp3) is 0.417. The number of hydrogen-bond donors (Lipinski definition) is 1. The number of nitrogens with two attached hydrogens (primary N) is 1. The highest BCUT2D eigenvalue weighted by Gasteiger charge is 2.34. The number of para-hydroxylation sites is 1. The molecule has 1 aromatic carbocycles. The Labute approximate surface area is 99.8 Å². The quantitative estimate of drug-likeness (QED) is 0.857. The topological polar surface area (TPSA) is 49.6 Å². The van der Waals surface area contributed by atoms with Crippen molar-refractivity contribution in [2.45, 2.75) is 19.4 Å². The van der Waals surface area contributed by atoms with Gasteiger partial charge in [0, 0.05) is 25.6 Å². The molecular weight excluding hydrogens is 221 g/mol. The number of hydrazine groups is 1. The third kappa shape index (κ3) is 2.16. The lowest BCUT2D eigenvalue weighted by molar-refractivity contribution is -0.118. The molecular formula is C12H16FN3O. The van der Waals surface area contributed by atoms with Crippen LogP contribution in [0.15, 0.2) is 24.3 Å². The molecule has 1 heterocycles. The lowest BCUT2D eigenvalue weighted by atomic mass is 10.3. The van der Waals surface area contributed by atoms with Crippen molar-refractivity contribution in [1.29, 1.82) is 0 Å². The molecule has 92 valence electrons. The van der Waals surface area contributed by atoms with E-state index in [9.17, 15) is 9.18 Å². The number of benzene rings is 1. The maximum atomic E-state index is 13.7. The molecule has 1 aromatic rings. The van der Waals surface area contributed by atoms with Gasteiger partial charge >= 0.3 is 0 Å². The first-order chi connectivity index (χ1) is 8.15. The molecule has 17 heavy (non-hydrogen) atoms. The fourth-order valence-electron chi connectivity index (χ4n) is 1.99.